The lowest BCUT2D eigenvalue weighted by molar-refractivity contribution is -0.122. The number of fused-ring (bicyclic) bond motifs is 1. The molecule has 2 aliphatic heterocycles. The Kier molecular flexibility index (Phi) is 4.50. The van der Waals surface area contributed by atoms with Gasteiger partial charge in [0.1, 0.15) is 11.1 Å². The number of hydrazone groups is 1. The summed E-state index contributed by atoms with van der Waals surface area (Å²) < 4.78 is 0. The maximum Gasteiger partial charge on any atom is 0.201 e. The zero-order valence-corrected chi connectivity index (χ0v) is 15.6. The van der Waals surface area contributed by atoms with Crippen LogP contribution in [0.4, 0.5) is 0 Å². The monoisotopic (exact) mass is 409 g/mol. The van der Waals surface area contributed by atoms with Gasteiger partial charge in [-0.2, -0.15) is 5.10 Å². The summed E-state index contributed by atoms with van der Waals surface area (Å²) in [6, 6.07) is 13.9. The first kappa shape index (κ1) is 16.9. The first-order valence-corrected chi connectivity index (χ1v) is 9.37. The number of ketones is 1. The largest absolute Gasteiger partial charge is 0.293 e. The molecule has 25 heavy (non-hydrogen) atoms. The van der Waals surface area contributed by atoms with Gasteiger partial charge in [0.2, 0.25) is 5.78 Å². The quantitative estimate of drug-likeness (QED) is 0.520. The van der Waals surface area contributed by atoms with E-state index >= 15 is 0 Å². The molecule has 0 aliphatic carbocycles. The molecule has 2 atom stereocenters. The Morgan fingerprint density at radius 2 is 1.84 bits per heavy atom. The molecule has 2 unspecified atom stereocenters. The number of nitrogens with zero attached hydrogens (tertiary/aromatic N) is 3. The maximum atomic E-state index is 12.6. The van der Waals surface area contributed by atoms with Crippen molar-refractivity contribution in [3.8, 4) is 0 Å². The highest BCUT2D eigenvalue weighted by Crippen LogP contribution is 2.38. The molecular weight excluding hydrogens is 401 g/mol. The van der Waals surface area contributed by atoms with Crippen LogP contribution >= 0.6 is 46.6 Å². The number of hydrogen-bond acceptors (Lipinski definition) is 5. The van der Waals surface area contributed by atoms with Crippen LogP contribution in [0.3, 0.4) is 0 Å². The van der Waals surface area contributed by atoms with Crippen LogP contribution < -0.4 is 0 Å². The lowest BCUT2D eigenvalue weighted by Gasteiger charge is -2.27. The minimum absolute atomic E-state index is 0.204. The first-order chi connectivity index (χ1) is 12.0. The summed E-state index contributed by atoms with van der Waals surface area (Å²) >= 11 is 19.9. The summed E-state index contributed by atoms with van der Waals surface area (Å²) in [4.78, 5) is 17.2. The number of carbonyl (C=O) groups is 1. The van der Waals surface area contributed by atoms with Crippen molar-refractivity contribution < 1.29 is 4.79 Å². The van der Waals surface area contributed by atoms with Gasteiger partial charge < -0.3 is 0 Å². The van der Waals surface area contributed by atoms with Crippen molar-refractivity contribution >= 4 is 62.6 Å². The van der Waals surface area contributed by atoms with E-state index in [2.05, 4.69) is 10.1 Å². The Hall–Kier alpha value is -1.53. The highest BCUT2D eigenvalue weighted by atomic mass is 35.5. The van der Waals surface area contributed by atoms with Crippen LogP contribution in [0.2, 0.25) is 10.0 Å². The van der Waals surface area contributed by atoms with E-state index < -0.39 is 11.5 Å². The molecule has 0 saturated carbocycles. The van der Waals surface area contributed by atoms with Gasteiger partial charge in [0, 0.05) is 10.6 Å². The van der Waals surface area contributed by atoms with E-state index in [1.54, 1.807) is 18.2 Å². The lowest BCUT2D eigenvalue weighted by Crippen LogP contribution is -2.41. The van der Waals surface area contributed by atoms with Crippen LogP contribution in [-0.2, 0) is 4.79 Å². The zero-order chi connectivity index (χ0) is 17.6. The van der Waals surface area contributed by atoms with Crippen LogP contribution in [0.25, 0.3) is 0 Å². The zero-order valence-electron chi connectivity index (χ0n) is 12.6. The molecule has 2 aromatic rings. The van der Waals surface area contributed by atoms with Gasteiger partial charge in [-0.05, 0) is 35.5 Å². The number of aliphatic imine (C=N–C) groups is 1. The molecule has 126 valence electrons. The second-order valence-electron chi connectivity index (χ2n) is 5.44. The van der Waals surface area contributed by atoms with E-state index in [-0.39, 0.29) is 5.78 Å². The van der Waals surface area contributed by atoms with Crippen molar-refractivity contribution in [1.29, 1.82) is 0 Å². The second-order valence-corrected chi connectivity index (χ2v) is 7.65. The molecule has 0 fully saturated rings. The SMILES string of the molecule is O=C1C(c2ccccc2)N=C2SC(c3ccc(Cl)cc3Cl)=NN2C1Cl. The standard InChI is InChI=1S/C17H10Cl3N3OS/c18-10-6-7-11(12(19)8-10)16-22-23-15(20)14(24)13(21-17(23)25-16)9-4-2-1-3-5-9/h1-8,13,15H. The Bertz CT molecular complexity index is 917. The van der Waals surface area contributed by atoms with Crippen LogP contribution in [0.5, 0.6) is 0 Å². The Balaban J connectivity index is 1.71. The molecule has 0 saturated heterocycles. The van der Waals surface area contributed by atoms with Crippen molar-refractivity contribution in [1.82, 2.24) is 5.01 Å². The fourth-order valence-corrected chi connectivity index (χ4v) is 4.45. The van der Waals surface area contributed by atoms with Crippen molar-refractivity contribution in [3.05, 3.63) is 69.7 Å². The third kappa shape index (κ3) is 3.06. The minimum Gasteiger partial charge on any atom is -0.293 e. The number of carbonyl (C=O) groups excluding carboxylic acids is 1. The second kappa shape index (κ2) is 6.65. The molecule has 0 bridgehead atoms. The smallest absolute Gasteiger partial charge is 0.201 e. The van der Waals surface area contributed by atoms with Crippen LogP contribution in [0.15, 0.2) is 58.6 Å². The fourth-order valence-electron chi connectivity index (χ4n) is 2.60. The molecule has 0 radical (unpaired) electrons. The van der Waals surface area contributed by atoms with Crippen molar-refractivity contribution in [2.45, 2.75) is 11.5 Å². The average Bonchev–Trinajstić information content (AvgIpc) is 3.03. The summed E-state index contributed by atoms with van der Waals surface area (Å²) in [6.07, 6.45) is 0. The molecule has 0 aromatic heterocycles. The van der Waals surface area contributed by atoms with Crippen LogP contribution in [0, 0.1) is 0 Å². The Labute approximate surface area is 163 Å². The molecular formula is C17H10Cl3N3OS. The summed E-state index contributed by atoms with van der Waals surface area (Å²) in [5, 5.41) is 8.11. The molecule has 0 N–H and O–H groups in total. The Morgan fingerprint density at radius 3 is 2.56 bits per heavy atom. The van der Waals surface area contributed by atoms with Gasteiger partial charge in [0.15, 0.2) is 10.7 Å². The van der Waals surface area contributed by atoms with Gasteiger partial charge in [-0.1, -0.05) is 65.1 Å². The van der Waals surface area contributed by atoms with Gasteiger partial charge >= 0.3 is 0 Å². The molecule has 4 nitrogen and oxygen atoms in total. The fraction of sp³-hybridized carbons (Fsp3) is 0.118. The average molecular weight is 411 g/mol. The first-order valence-electron chi connectivity index (χ1n) is 7.36. The normalized spacial score (nSPS) is 22.5. The maximum absolute atomic E-state index is 12.6. The number of Topliss-reactive ketones (excluding diaryl/α,β-unsaturated/α-hetero) is 1. The van der Waals surface area contributed by atoms with Gasteiger partial charge in [-0.25, -0.2) is 10.0 Å². The number of amidine groups is 1. The van der Waals surface area contributed by atoms with Crippen LogP contribution in [-0.4, -0.2) is 26.5 Å². The van der Waals surface area contributed by atoms with Gasteiger partial charge in [0.05, 0.1) is 5.02 Å². The number of rotatable bonds is 2. The molecule has 4 rings (SSSR count). The number of thioether (sulfide) groups is 1. The van der Waals surface area contributed by atoms with E-state index in [0.717, 1.165) is 11.1 Å². The predicted octanol–water partition coefficient (Wildman–Crippen LogP) is 4.95. The van der Waals surface area contributed by atoms with Crippen molar-refractivity contribution in [3.63, 3.8) is 0 Å². The van der Waals surface area contributed by atoms with E-state index in [0.29, 0.717) is 20.3 Å². The molecule has 2 heterocycles. The summed E-state index contributed by atoms with van der Waals surface area (Å²) in [5.74, 6) is -0.204. The predicted molar refractivity (Wildman–Crippen MR) is 104 cm³/mol. The number of hydrogen-bond donors (Lipinski definition) is 0. The summed E-state index contributed by atoms with van der Waals surface area (Å²) in [5.41, 5.74) is 0.624. The molecule has 2 aliphatic rings. The highest BCUT2D eigenvalue weighted by molar-refractivity contribution is 8.27. The third-order valence-corrected chi connectivity index (χ3v) is 5.74. The molecule has 8 heteroatoms. The molecule has 0 spiro atoms. The number of alkyl halides is 1. The van der Waals surface area contributed by atoms with Crippen molar-refractivity contribution in [2.24, 2.45) is 10.1 Å². The van der Waals surface area contributed by atoms with Gasteiger partial charge in [-0.15, -0.1) is 0 Å². The van der Waals surface area contributed by atoms with Gasteiger partial charge in [-0.3, -0.25) is 4.79 Å². The summed E-state index contributed by atoms with van der Waals surface area (Å²) in [7, 11) is 0. The lowest BCUT2D eigenvalue weighted by atomic mass is 10.0. The van der Waals surface area contributed by atoms with E-state index in [1.165, 1.54) is 16.8 Å². The van der Waals surface area contributed by atoms with E-state index in [1.807, 2.05) is 30.3 Å². The van der Waals surface area contributed by atoms with E-state index in [9.17, 15) is 4.79 Å². The van der Waals surface area contributed by atoms with Crippen LogP contribution in [0.1, 0.15) is 17.2 Å². The Morgan fingerprint density at radius 1 is 1.08 bits per heavy atom. The minimum atomic E-state index is -0.909. The van der Waals surface area contributed by atoms with E-state index in [4.69, 9.17) is 34.8 Å². The summed E-state index contributed by atoms with van der Waals surface area (Å²) in [6.45, 7) is 0. The molecule has 0 amide bonds. The molecule has 2 aromatic carbocycles. The van der Waals surface area contributed by atoms with Crippen molar-refractivity contribution in [2.75, 3.05) is 0 Å². The number of benzene rings is 2. The number of halogens is 3. The van der Waals surface area contributed by atoms with Gasteiger partial charge in [0.25, 0.3) is 0 Å². The third-order valence-electron chi connectivity index (χ3n) is 3.82. The highest BCUT2D eigenvalue weighted by Gasteiger charge is 2.42. The topological polar surface area (TPSA) is 45.0 Å².